The lowest BCUT2D eigenvalue weighted by Crippen LogP contribution is -2.37. The first-order valence-corrected chi connectivity index (χ1v) is 20.8. The molecule has 12 heteroatoms. The first-order chi connectivity index (χ1) is 26.7. The van der Waals surface area contributed by atoms with Crippen LogP contribution in [-0.4, -0.2) is 132 Å². The Morgan fingerprint density at radius 3 is 1.39 bits per heavy atom. The summed E-state index contributed by atoms with van der Waals surface area (Å²) in [5.41, 5.74) is 2.56. The maximum absolute atomic E-state index is 12.0. The lowest BCUT2D eigenvalue weighted by molar-refractivity contribution is -0.143. The van der Waals surface area contributed by atoms with E-state index in [4.69, 9.17) is 18.9 Å². The topological polar surface area (TPSA) is 158 Å². The van der Waals surface area contributed by atoms with Gasteiger partial charge in [0.25, 0.3) is 0 Å². The molecule has 0 bridgehead atoms. The lowest BCUT2D eigenvalue weighted by atomic mass is 9.95. The van der Waals surface area contributed by atoms with Crippen molar-refractivity contribution in [1.29, 1.82) is 0 Å². The smallest absolute Gasteiger partial charge is 0.333 e. The molecule has 1 aromatic carbocycles. The van der Waals surface area contributed by atoms with Crippen molar-refractivity contribution in [3.05, 3.63) is 59.7 Å². The van der Waals surface area contributed by atoms with Gasteiger partial charge in [0.15, 0.2) is 0 Å². The molecule has 0 spiro atoms. The van der Waals surface area contributed by atoms with Crippen LogP contribution >= 0.6 is 0 Å². The molecule has 0 aromatic heterocycles. The van der Waals surface area contributed by atoms with Crippen LogP contribution < -0.4 is 0 Å². The molecule has 56 heavy (non-hydrogen) atoms. The fourth-order valence-corrected chi connectivity index (χ4v) is 6.64. The zero-order chi connectivity index (χ0) is 41.9. The third kappa shape index (κ3) is 22.9. The van der Waals surface area contributed by atoms with Gasteiger partial charge in [-0.3, -0.25) is 9.80 Å². The van der Waals surface area contributed by atoms with Gasteiger partial charge in [-0.1, -0.05) is 90.8 Å². The van der Waals surface area contributed by atoms with Gasteiger partial charge in [0.05, 0.1) is 25.4 Å². The number of ether oxygens (including phenoxy) is 4. The fraction of sp³-hybridized carbons (Fsp3) is 0.727. The molecule has 6 atom stereocenters. The summed E-state index contributed by atoms with van der Waals surface area (Å²) in [6, 6.07) is 8.12. The largest absolute Gasteiger partial charge is 0.460 e. The molecule has 6 unspecified atom stereocenters. The van der Waals surface area contributed by atoms with E-state index in [9.17, 15) is 30.0 Å². The van der Waals surface area contributed by atoms with Crippen LogP contribution in [0.15, 0.2) is 48.6 Å². The van der Waals surface area contributed by atoms with Crippen molar-refractivity contribution in [2.75, 3.05) is 65.8 Å². The average Bonchev–Trinajstić information content (AvgIpc) is 3.16. The Morgan fingerprint density at radius 2 is 1.05 bits per heavy atom. The molecule has 0 aliphatic heterocycles. The second-order valence-electron chi connectivity index (χ2n) is 15.3. The normalized spacial score (nSPS) is 14.9. The summed E-state index contributed by atoms with van der Waals surface area (Å²) in [5, 5.41) is 42.8. The molecular weight excluding hydrogens is 716 g/mol. The van der Waals surface area contributed by atoms with Crippen molar-refractivity contribution < 1.29 is 49.0 Å². The third-order valence-electron chi connectivity index (χ3n) is 9.81. The van der Waals surface area contributed by atoms with E-state index in [0.717, 1.165) is 49.7 Å². The first kappa shape index (κ1) is 51.3. The van der Waals surface area contributed by atoms with Crippen molar-refractivity contribution in [3.8, 4) is 0 Å². The summed E-state index contributed by atoms with van der Waals surface area (Å²) in [4.78, 5) is 28.1. The van der Waals surface area contributed by atoms with Crippen LogP contribution in [0, 0.1) is 11.8 Å². The molecule has 0 aliphatic rings. The highest BCUT2D eigenvalue weighted by Gasteiger charge is 2.20. The molecule has 1 aromatic rings. The number of esters is 2. The summed E-state index contributed by atoms with van der Waals surface area (Å²) in [6.07, 6.45) is 4.28. The number of carbonyl (C=O) groups is 2. The molecule has 4 N–H and O–H groups in total. The van der Waals surface area contributed by atoms with E-state index in [1.54, 1.807) is 13.8 Å². The van der Waals surface area contributed by atoms with Crippen LogP contribution in [0.2, 0.25) is 0 Å². The van der Waals surface area contributed by atoms with Gasteiger partial charge in [0, 0.05) is 63.6 Å². The van der Waals surface area contributed by atoms with Crippen LogP contribution in [0.4, 0.5) is 0 Å². The van der Waals surface area contributed by atoms with Crippen molar-refractivity contribution >= 4 is 11.9 Å². The van der Waals surface area contributed by atoms with Gasteiger partial charge in [-0.2, -0.15) is 0 Å². The molecule has 322 valence electrons. The van der Waals surface area contributed by atoms with Gasteiger partial charge < -0.3 is 39.4 Å². The predicted octanol–water partition coefficient (Wildman–Crippen LogP) is 5.44. The minimum Gasteiger partial charge on any atom is -0.460 e. The van der Waals surface area contributed by atoms with E-state index in [1.807, 2.05) is 18.2 Å². The number of aliphatic hydroxyl groups is 4. The van der Waals surface area contributed by atoms with Gasteiger partial charge in [-0.05, 0) is 62.5 Å². The molecule has 0 radical (unpaired) electrons. The number of benzene rings is 1. The van der Waals surface area contributed by atoms with E-state index in [1.165, 1.54) is 0 Å². The van der Waals surface area contributed by atoms with Gasteiger partial charge >= 0.3 is 11.9 Å². The van der Waals surface area contributed by atoms with Crippen LogP contribution in [0.5, 0.6) is 0 Å². The molecule has 12 nitrogen and oxygen atoms in total. The van der Waals surface area contributed by atoms with Crippen molar-refractivity contribution in [2.45, 2.75) is 130 Å². The summed E-state index contributed by atoms with van der Waals surface area (Å²) < 4.78 is 22.1. The number of hydrogen-bond donors (Lipinski definition) is 4. The van der Waals surface area contributed by atoms with Crippen LogP contribution in [0.3, 0.4) is 0 Å². The van der Waals surface area contributed by atoms with E-state index < -0.39 is 36.4 Å². The maximum Gasteiger partial charge on any atom is 0.333 e. The zero-order valence-electron chi connectivity index (χ0n) is 35.5. The number of rotatable bonds is 34. The molecule has 0 fully saturated rings. The minimum absolute atomic E-state index is 0.152. The highest BCUT2D eigenvalue weighted by molar-refractivity contribution is 5.87. The fourth-order valence-electron chi connectivity index (χ4n) is 6.64. The molecule has 0 saturated carbocycles. The standard InChI is InChI=1S/C44H76N2O10/c1-9-16-37(11-3)41(49)31-53-22-14-20-45(27-39(47)29-55-43(51)33(5)6)25-35-18-13-19-36(24-35)26-46(28-40(48)30-56-44(52)34(7)8)21-15-23-54-32-42(50)38(12-4)17-10-2/h13,18-19,24,37-42,47-50H,5,7,9-12,14-17,20-23,25-32H2,1-4,6,8H3. The maximum atomic E-state index is 12.0. The third-order valence-corrected chi connectivity index (χ3v) is 9.81. The highest BCUT2D eigenvalue weighted by Crippen LogP contribution is 2.18. The van der Waals surface area contributed by atoms with E-state index in [2.05, 4.69) is 56.7 Å². The van der Waals surface area contributed by atoms with E-state index >= 15 is 0 Å². The Labute approximate surface area is 337 Å². The van der Waals surface area contributed by atoms with Gasteiger partial charge in [-0.25, -0.2) is 9.59 Å². The van der Waals surface area contributed by atoms with Crippen molar-refractivity contribution in [3.63, 3.8) is 0 Å². The summed E-state index contributed by atoms with van der Waals surface area (Å²) >= 11 is 0. The Balaban J connectivity index is 3.01. The molecule has 0 saturated heterocycles. The first-order valence-electron chi connectivity index (χ1n) is 20.8. The molecule has 0 amide bonds. The Kier molecular flexibility index (Phi) is 27.9. The minimum atomic E-state index is -0.914. The Bertz CT molecular complexity index is 1160. The van der Waals surface area contributed by atoms with Crippen LogP contribution in [0.1, 0.15) is 104 Å². The van der Waals surface area contributed by atoms with Crippen LogP contribution in [-0.2, 0) is 41.6 Å². The quantitative estimate of drug-likeness (QED) is 0.0399. The SMILES string of the molecule is C=C(C)C(=O)OCC(O)CN(CCCOCC(O)C(CC)CCC)Cc1cccc(CN(CCCOCC(O)C(CC)CCC)CC(O)COC(=O)C(=C)C)c1. The highest BCUT2D eigenvalue weighted by atomic mass is 16.5. The second-order valence-corrected chi connectivity index (χ2v) is 15.3. The van der Waals surface area contributed by atoms with E-state index in [-0.39, 0.29) is 62.5 Å². The van der Waals surface area contributed by atoms with Crippen molar-refractivity contribution in [1.82, 2.24) is 9.80 Å². The lowest BCUT2D eigenvalue weighted by Gasteiger charge is -2.27. The van der Waals surface area contributed by atoms with Crippen LogP contribution in [0.25, 0.3) is 0 Å². The Hall–Kier alpha value is -2.68. The summed E-state index contributed by atoms with van der Waals surface area (Å²) in [7, 11) is 0. The molecule has 0 aliphatic carbocycles. The Morgan fingerprint density at radius 1 is 0.661 bits per heavy atom. The van der Waals surface area contributed by atoms with Gasteiger partial charge in [-0.15, -0.1) is 0 Å². The molecular formula is C44H76N2O10. The number of nitrogens with zero attached hydrogens (tertiary/aromatic N) is 2. The zero-order valence-corrected chi connectivity index (χ0v) is 35.5. The number of hydrogen-bond acceptors (Lipinski definition) is 12. The van der Waals surface area contributed by atoms with Gasteiger partial charge in [0.2, 0.25) is 0 Å². The van der Waals surface area contributed by atoms with Gasteiger partial charge in [0.1, 0.15) is 25.4 Å². The average molecular weight is 793 g/mol. The number of carbonyl (C=O) groups excluding carboxylic acids is 2. The summed E-state index contributed by atoms with van der Waals surface area (Å²) in [5.74, 6) is -0.659. The van der Waals surface area contributed by atoms with E-state index in [0.29, 0.717) is 52.2 Å². The number of aliphatic hydroxyl groups excluding tert-OH is 4. The summed E-state index contributed by atoms with van der Waals surface area (Å²) in [6.45, 7) is 22.7. The van der Waals surface area contributed by atoms with Crippen molar-refractivity contribution in [2.24, 2.45) is 11.8 Å². The second kappa shape index (κ2) is 30.4. The molecule has 0 heterocycles. The monoisotopic (exact) mass is 793 g/mol. The molecule has 1 rings (SSSR count). The predicted molar refractivity (Wildman–Crippen MR) is 221 cm³/mol.